The van der Waals surface area contributed by atoms with Gasteiger partial charge >= 0.3 is 0 Å². The van der Waals surface area contributed by atoms with Crippen molar-refractivity contribution < 1.29 is 9.18 Å². The Morgan fingerprint density at radius 1 is 1.30 bits per heavy atom. The predicted molar refractivity (Wildman–Crippen MR) is 35.0 cm³/mol. The highest BCUT2D eigenvalue weighted by molar-refractivity contribution is 5.99. The Morgan fingerprint density at radius 3 is 2.20 bits per heavy atom. The molecule has 0 aliphatic heterocycles. The number of hydrogen-bond acceptors (Lipinski definition) is 1. The SMILES string of the molecule is [CH]C(=O)c1ccc(F)cc1. The van der Waals surface area contributed by atoms with Gasteiger partial charge in [-0.2, -0.15) is 0 Å². The molecule has 1 aromatic rings. The second-order valence-corrected chi connectivity index (χ2v) is 1.87. The molecule has 0 saturated carbocycles. The number of rotatable bonds is 1. The van der Waals surface area contributed by atoms with Crippen LogP contribution in [0.25, 0.3) is 0 Å². The Balaban J connectivity index is 3.00. The van der Waals surface area contributed by atoms with E-state index in [4.69, 9.17) is 6.92 Å². The molecule has 0 aliphatic rings. The minimum absolute atomic E-state index is 0.321. The lowest BCUT2D eigenvalue weighted by Gasteiger charge is -1.91. The number of benzene rings is 1. The molecule has 0 N–H and O–H groups in total. The Morgan fingerprint density at radius 2 is 1.80 bits per heavy atom. The molecule has 0 saturated heterocycles. The summed E-state index contributed by atoms with van der Waals surface area (Å²) in [5, 5.41) is 0. The molecule has 0 atom stereocenters. The second-order valence-electron chi connectivity index (χ2n) is 1.87. The third-order valence-electron chi connectivity index (χ3n) is 1.13. The van der Waals surface area contributed by atoms with Crippen LogP contribution in [0.3, 0.4) is 0 Å². The fourth-order valence-electron chi connectivity index (χ4n) is 0.614. The van der Waals surface area contributed by atoms with Gasteiger partial charge in [-0.05, 0) is 24.3 Å². The molecule has 2 heteroatoms. The molecule has 1 aromatic carbocycles. The van der Waals surface area contributed by atoms with Crippen molar-refractivity contribution in [3.8, 4) is 0 Å². The van der Waals surface area contributed by atoms with E-state index < -0.39 is 5.78 Å². The summed E-state index contributed by atoms with van der Waals surface area (Å²) in [6.07, 6.45) is 0. The minimum Gasteiger partial charge on any atom is -0.294 e. The molecule has 0 fully saturated rings. The molecule has 0 aliphatic carbocycles. The van der Waals surface area contributed by atoms with Crippen LogP contribution in [0.4, 0.5) is 4.39 Å². The lowest BCUT2D eigenvalue weighted by atomic mass is 10.1. The van der Waals surface area contributed by atoms with E-state index in [1.54, 1.807) is 0 Å². The quantitative estimate of drug-likeness (QED) is 0.537. The van der Waals surface area contributed by atoms with Crippen molar-refractivity contribution in [2.75, 3.05) is 0 Å². The monoisotopic (exact) mass is 136 g/mol. The minimum atomic E-state index is -0.542. The zero-order valence-corrected chi connectivity index (χ0v) is 5.17. The zero-order chi connectivity index (χ0) is 7.56. The Bertz CT molecular complexity index is 238. The van der Waals surface area contributed by atoms with Gasteiger partial charge < -0.3 is 0 Å². The normalized spacial score (nSPS) is 9.40. The topological polar surface area (TPSA) is 17.1 Å². The first-order valence-corrected chi connectivity index (χ1v) is 2.75. The van der Waals surface area contributed by atoms with Crippen LogP contribution in [0, 0.1) is 12.7 Å². The molecule has 0 heterocycles. The van der Waals surface area contributed by atoms with E-state index >= 15 is 0 Å². The first kappa shape index (κ1) is 6.93. The van der Waals surface area contributed by atoms with E-state index in [0.717, 1.165) is 0 Å². The third-order valence-corrected chi connectivity index (χ3v) is 1.13. The van der Waals surface area contributed by atoms with Gasteiger partial charge in [0.2, 0.25) is 0 Å². The fourth-order valence-corrected chi connectivity index (χ4v) is 0.614. The average molecular weight is 136 g/mol. The van der Waals surface area contributed by atoms with Crippen molar-refractivity contribution in [3.63, 3.8) is 0 Å². The van der Waals surface area contributed by atoms with Crippen LogP contribution in [0.1, 0.15) is 10.4 Å². The first-order valence-electron chi connectivity index (χ1n) is 2.75. The lowest BCUT2D eigenvalue weighted by molar-refractivity contribution is 0.104. The molecule has 0 aromatic heterocycles. The van der Waals surface area contributed by atoms with Crippen molar-refractivity contribution in [2.24, 2.45) is 0 Å². The number of ketones is 1. The van der Waals surface area contributed by atoms with Crippen molar-refractivity contribution in [1.82, 2.24) is 0 Å². The van der Waals surface area contributed by atoms with Gasteiger partial charge in [-0.3, -0.25) is 4.79 Å². The summed E-state index contributed by atoms with van der Waals surface area (Å²) in [6.45, 7) is 4.90. The molecule has 10 heavy (non-hydrogen) atoms. The van der Waals surface area contributed by atoms with Gasteiger partial charge in [0.25, 0.3) is 0 Å². The fraction of sp³-hybridized carbons (Fsp3) is 0. The van der Waals surface area contributed by atoms with Crippen LogP contribution >= 0.6 is 0 Å². The molecule has 1 rings (SSSR count). The second kappa shape index (κ2) is 2.60. The summed E-state index contributed by atoms with van der Waals surface area (Å²) in [5.74, 6) is -0.912. The third kappa shape index (κ3) is 1.41. The van der Waals surface area contributed by atoms with Crippen molar-refractivity contribution in [3.05, 3.63) is 42.6 Å². The van der Waals surface area contributed by atoms with E-state index in [9.17, 15) is 9.18 Å². The molecular formula is C8H5FO. The maximum absolute atomic E-state index is 12.2. The van der Waals surface area contributed by atoms with Crippen molar-refractivity contribution in [2.45, 2.75) is 0 Å². The number of carbonyl (C=O) groups excluding carboxylic acids is 1. The van der Waals surface area contributed by atoms with Crippen LogP contribution in [0.15, 0.2) is 24.3 Å². The largest absolute Gasteiger partial charge is 0.294 e. The summed E-state index contributed by atoms with van der Waals surface area (Å²) in [6, 6.07) is 5.08. The predicted octanol–water partition coefficient (Wildman–Crippen LogP) is 1.72. The molecule has 0 bridgehead atoms. The smallest absolute Gasteiger partial charge is 0.167 e. The van der Waals surface area contributed by atoms with E-state index in [1.165, 1.54) is 24.3 Å². The van der Waals surface area contributed by atoms with E-state index in [-0.39, 0.29) is 5.82 Å². The van der Waals surface area contributed by atoms with Crippen LogP contribution in [0.5, 0.6) is 0 Å². The van der Waals surface area contributed by atoms with Gasteiger partial charge in [0.1, 0.15) is 5.82 Å². The number of carbonyl (C=O) groups is 1. The zero-order valence-electron chi connectivity index (χ0n) is 5.17. The number of Topliss-reactive ketones (excluding diaryl/α,β-unsaturated/α-hetero) is 1. The number of hydrogen-bond donors (Lipinski definition) is 0. The summed E-state index contributed by atoms with van der Waals surface area (Å²) in [7, 11) is 0. The highest BCUT2D eigenvalue weighted by Crippen LogP contribution is 2.02. The Labute approximate surface area is 58.5 Å². The molecule has 50 valence electrons. The maximum atomic E-state index is 12.2. The van der Waals surface area contributed by atoms with Crippen LogP contribution in [0.2, 0.25) is 0 Å². The van der Waals surface area contributed by atoms with Gasteiger partial charge in [0.15, 0.2) is 5.78 Å². The van der Waals surface area contributed by atoms with E-state index in [2.05, 4.69) is 0 Å². The van der Waals surface area contributed by atoms with Crippen molar-refractivity contribution in [1.29, 1.82) is 0 Å². The standard InChI is InChI=1S/C8H5FO/c1-6(10)7-2-4-8(9)5-3-7/h1-5H. The van der Waals surface area contributed by atoms with Crippen LogP contribution in [-0.4, -0.2) is 5.78 Å². The van der Waals surface area contributed by atoms with Crippen molar-refractivity contribution >= 4 is 5.78 Å². The molecular weight excluding hydrogens is 131 g/mol. The summed E-state index contributed by atoms with van der Waals surface area (Å²) in [4.78, 5) is 10.4. The van der Waals surface area contributed by atoms with Gasteiger partial charge in [-0.15, -0.1) is 0 Å². The van der Waals surface area contributed by atoms with Gasteiger partial charge in [-0.1, -0.05) is 0 Å². The lowest BCUT2D eigenvalue weighted by Crippen LogP contribution is -1.90. The van der Waals surface area contributed by atoms with Gasteiger partial charge in [-0.25, -0.2) is 4.39 Å². The van der Waals surface area contributed by atoms with Gasteiger partial charge in [0.05, 0.1) is 0 Å². The highest BCUT2D eigenvalue weighted by Gasteiger charge is 1.96. The Hall–Kier alpha value is -1.18. The first-order chi connectivity index (χ1) is 4.70. The van der Waals surface area contributed by atoms with E-state index in [0.29, 0.717) is 5.56 Å². The van der Waals surface area contributed by atoms with E-state index in [1.807, 2.05) is 0 Å². The van der Waals surface area contributed by atoms with Crippen LogP contribution in [-0.2, 0) is 0 Å². The molecule has 2 radical (unpaired) electrons. The van der Waals surface area contributed by atoms with Crippen LogP contribution < -0.4 is 0 Å². The maximum Gasteiger partial charge on any atom is 0.167 e. The molecule has 0 unspecified atom stereocenters. The molecule has 0 spiro atoms. The summed E-state index contributed by atoms with van der Waals surface area (Å²) < 4.78 is 12.2. The summed E-state index contributed by atoms with van der Waals surface area (Å²) in [5.41, 5.74) is 0.321. The Kier molecular flexibility index (Phi) is 1.81. The highest BCUT2D eigenvalue weighted by atomic mass is 19.1. The number of halogens is 1. The molecule has 0 amide bonds. The average Bonchev–Trinajstić information content (AvgIpc) is 1.88. The molecule has 1 nitrogen and oxygen atoms in total. The summed E-state index contributed by atoms with van der Waals surface area (Å²) >= 11 is 0. The van der Waals surface area contributed by atoms with Gasteiger partial charge in [0, 0.05) is 12.5 Å².